The Hall–Kier alpha value is -4.24. The highest BCUT2D eigenvalue weighted by atomic mass is 32.2. The molecule has 0 spiro atoms. The third-order valence-electron chi connectivity index (χ3n) is 5.80. The molecule has 40 heavy (non-hydrogen) atoms. The predicted octanol–water partition coefficient (Wildman–Crippen LogP) is 3.67. The Morgan fingerprint density at radius 3 is 2.50 bits per heavy atom. The van der Waals surface area contributed by atoms with Crippen LogP contribution in [-0.4, -0.2) is 68.7 Å². The second kappa shape index (κ2) is 11.5. The van der Waals surface area contributed by atoms with E-state index in [0.29, 0.717) is 37.4 Å². The van der Waals surface area contributed by atoms with Gasteiger partial charge in [-0.05, 0) is 39.2 Å². The van der Waals surface area contributed by atoms with Crippen LogP contribution < -0.4 is 14.8 Å². The number of anilines is 1. The molecule has 0 atom stereocenters. The highest BCUT2D eigenvalue weighted by Gasteiger charge is 2.26. The molecule has 0 fully saturated rings. The van der Waals surface area contributed by atoms with Gasteiger partial charge >= 0.3 is 0 Å². The van der Waals surface area contributed by atoms with E-state index in [0.717, 1.165) is 19.7 Å². The molecule has 4 rings (SSSR count). The summed E-state index contributed by atoms with van der Waals surface area (Å²) in [5, 5.41) is 9.07. The van der Waals surface area contributed by atoms with Crippen LogP contribution in [0.25, 0.3) is 22.0 Å². The zero-order valence-electron chi connectivity index (χ0n) is 21.5. The van der Waals surface area contributed by atoms with E-state index in [9.17, 15) is 22.0 Å². The third-order valence-corrected chi connectivity index (χ3v) is 7.16. The second-order valence-corrected chi connectivity index (χ2v) is 10.6. The summed E-state index contributed by atoms with van der Waals surface area (Å²) >= 11 is 0. The molecule has 0 unspecified atom stereocenters. The van der Waals surface area contributed by atoms with Crippen molar-refractivity contribution in [2.75, 3.05) is 39.0 Å². The molecule has 0 bridgehead atoms. The molecule has 212 valence electrons. The van der Waals surface area contributed by atoms with E-state index < -0.39 is 66.8 Å². The van der Waals surface area contributed by atoms with Gasteiger partial charge in [-0.15, -0.1) is 0 Å². The summed E-state index contributed by atoms with van der Waals surface area (Å²) in [4.78, 5) is 17.3. The van der Waals surface area contributed by atoms with E-state index in [-0.39, 0.29) is 16.6 Å². The Morgan fingerprint density at radius 1 is 1.05 bits per heavy atom. The lowest BCUT2D eigenvalue weighted by Crippen LogP contribution is -2.27. The minimum atomic E-state index is -4.72. The molecule has 0 saturated heterocycles. The Bertz CT molecular complexity index is 1690. The number of aromatic amines is 1. The zero-order chi connectivity index (χ0) is 29.2. The number of fused-ring (bicyclic) bond motifs is 1. The van der Waals surface area contributed by atoms with Gasteiger partial charge in [-0.2, -0.15) is 5.10 Å². The Kier molecular flexibility index (Phi) is 8.25. The lowest BCUT2D eigenvalue weighted by molar-refractivity contribution is 0.0949. The van der Waals surface area contributed by atoms with Gasteiger partial charge in [0, 0.05) is 35.2 Å². The van der Waals surface area contributed by atoms with Gasteiger partial charge in [0.25, 0.3) is 15.9 Å². The summed E-state index contributed by atoms with van der Waals surface area (Å²) < 4.78 is 91.7. The molecule has 0 aliphatic carbocycles. The summed E-state index contributed by atoms with van der Waals surface area (Å²) in [5.74, 6) is -5.51. The molecule has 2 aromatic carbocycles. The van der Waals surface area contributed by atoms with Gasteiger partial charge < -0.3 is 15.0 Å². The Labute approximate surface area is 226 Å². The number of benzene rings is 2. The van der Waals surface area contributed by atoms with E-state index in [1.807, 2.05) is 23.7 Å². The summed E-state index contributed by atoms with van der Waals surface area (Å²) in [6.07, 6.45) is 1.39. The van der Waals surface area contributed by atoms with Gasteiger partial charge in [-0.25, -0.2) is 31.0 Å². The van der Waals surface area contributed by atoms with E-state index in [1.54, 1.807) is 0 Å². The van der Waals surface area contributed by atoms with Crippen molar-refractivity contribution in [1.82, 2.24) is 25.4 Å². The fourth-order valence-corrected chi connectivity index (χ4v) is 5.11. The van der Waals surface area contributed by atoms with Crippen molar-refractivity contribution in [3.8, 4) is 17.0 Å². The predicted molar refractivity (Wildman–Crippen MR) is 138 cm³/mol. The number of sulfonamides is 1. The van der Waals surface area contributed by atoms with Gasteiger partial charge in [0.1, 0.15) is 17.2 Å². The van der Waals surface area contributed by atoms with Crippen molar-refractivity contribution < 1.29 is 35.5 Å². The molecule has 2 heterocycles. The number of rotatable bonds is 10. The van der Waals surface area contributed by atoms with E-state index in [4.69, 9.17) is 4.74 Å². The van der Waals surface area contributed by atoms with Crippen LogP contribution in [0.2, 0.25) is 0 Å². The standard InChI is InChI=1S/C25H24F4N6O4S/c1-35(2)8-4-7-30-24(36)23-16-6-5-15(21(29)22(16)32-33-23)17-9-13(26)10-18(20(17)28)34-40(37,38)19-11-14(27)12-31-25(19)39-3/h5-6,9-12,34H,4,7-8H2,1-3H3,(H,30,36)(H,32,33). The molecule has 10 nitrogen and oxygen atoms in total. The monoisotopic (exact) mass is 580 g/mol. The molecule has 4 aromatic rings. The minimum Gasteiger partial charge on any atom is -0.480 e. The number of methoxy groups -OCH3 is 1. The van der Waals surface area contributed by atoms with E-state index in [2.05, 4.69) is 20.5 Å². The van der Waals surface area contributed by atoms with E-state index >= 15 is 8.78 Å². The summed E-state index contributed by atoms with van der Waals surface area (Å²) in [6.45, 7) is 1.10. The highest BCUT2D eigenvalue weighted by Crippen LogP contribution is 2.35. The number of ether oxygens (including phenoxy) is 1. The molecule has 0 aliphatic heterocycles. The van der Waals surface area contributed by atoms with Crippen molar-refractivity contribution in [1.29, 1.82) is 0 Å². The number of pyridine rings is 1. The van der Waals surface area contributed by atoms with Gasteiger partial charge in [-0.3, -0.25) is 14.6 Å². The fourth-order valence-electron chi connectivity index (χ4n) is 3.93. The number of aromatic nitrogens is 3. The summed E-state index contributed by atoms with van der Waals surface area (Å²) in [5.41, 5.74) is -2.25. The van der Waals surface area contributed by atoms with Gasteiger partial charge in [0.05, 0.1) is 19.0 Å². The molecule has 2 aromatic heterocycles. The van der Waals surface area contributed by atoms with Crippen molar-refractivity contribution >= 4 is 32.5 Å². The number of hydrogen-bond donors (Lipinski definition) is 3. The SMILES string of the molecule is COc1ncc(F)cc1S(=O)(=O)Nc1cc(F)cc(-c2ccc3c(C(=O)NCCCN(C)C)n[nH]c3c2F)c1F. The van der Waals surface area contributed by atoms with Crippen molar-refractivity contribution in [2.45, 2.75) is 11.3 Å². The summed E-state index contributed by atoms with van der Waals surface area (Å²) in [6, 6.07) is 4.24. The van der Waals surface area contributed by atoms with Crippen LogP contribution >= 0.6 is 0 Å². The maximum absolute atomic E-state index is 15.5. The number of H-pyrrole nitrogens is 1. The molecular formula is C25H24F4N6O4S. The Morgan fingerprint density at radius 2 is 1.80 bits per heavy atom. The first kappa shape index (κ1) is 28.8. The zero-order valence-corrected chi connectivity index (χ0v) is 22.3. The van der Waals surface area contributed by atoms with Gasteiger partial charge in [0.2, 0.25) is 5.88 Å². The van der Waals surface area contributed by atoms with Crippen LogP contribution in [0.3, 0.4) is 0 Å². The lowest BCUT2D eigenvalue weighted by Gasteiger charge is -2.14. The average Bonchev–Trinajstić information content (AvgIpc) is 3.34. The van der Waals surface area contributed by atoms with Crippen LogP contribution in [0.4, 0.5) is 23.2 Å². The maximum Gasteiger partial charge on any atom is 0.272 e. The van der Waals surface area contributed by atoms with Crippen LogP contribution in [0, 0.1) is 23.3 Å². The number of carbonyl (C=O) groups is 1. The number of carbonyl (C=O) groups excluding carboxylic acids is 1. The van der Waals surface area contributed by atoms with E-state index in [1.165, 1.54) is 6.07 Å². The van der Waals surface area contributed by atoms with Crippen molar-refractivity contribution in [3.05, 3.63) is 65.5 Å². The van der Waals surface area contributed by atoms with Crippen molar-refractivity contribution in [3.63, 3.8) is 0 Å². The molecule has 3 N–H and O–H groups in total. The quantitative estimate of drug-likeness (QED) is 0.193. The largest absolute Gasteiger partial charge is 0.480 e. The first-order chi connectivity index (χ1) is 18.9. The maximum atomic E-state index is 15.5. The molecule has 15 heteroatoms. The number of hydrogen-bond acceptors (Lipinski definition) is 7. The first-order valence-corrected chi connectivity index (χ1v) is 13.2. The highest BCUT2D eigenvalue weighted by molar-refractivity contribution is 7.92. The van der Waals surface area contributed by atoms with Crippen LogP contribution in [0.15, 0.2) is 41.4 Å². The lowest BCUT2D eigenvalue weighted by atomic mass is 10.0. The van der Waals surface area contributed by atoms with Crippen LogP contribution in [0.5, 0.6) is 5.88 Å². The number of nitrogens with one attached hydrogen (secondary N) is 3. The van der Waals surface area contributed by atoms with Crippen LogP contribution in [-0.2, 0) is 10.0 Å². The second-order valence-electron chi connectivity index (χ2n) is 8.92. The average molecular weight is 581 g/mol. The first-order valence-electron chi connectivity index (χ1n) is 11.7. The van der Waals surface area contributed by atoms with Crippen molar-refractivity contribution in [2.24, 2.45) is 0 Å². The fraction of sp³-hybridized carbons (Fsp3) is 0.240. The molecule has 0 saturated carbocycles. The Balaban J connectivity index is 1.68. The third kappa shape index (κ3) is 5.84. The smallest absolute Gasteiger partial charge is 0.272 e. The minimum absolute atomic E-state index is 0.0869. The summed E-state index contributed by atoms with van der Waals surface area (Å²) in [7, 11) is 0.150. The number of amides is 1. The molecule has 1 amide bonds. The van der Waals surface area contributed by atoms with Gasteiger partial charge in [-0.1, -0.05) is 6.07 Å². The topological polar surface area (TPSA) is 129 Å². The number of halogens is 4. The van der Waals surface area contributed by atoms with Gasteiger partial charge in [0.15, 0.2) is 22.2 Å². The molecular weight excluding hydrogens is 556 g/mol. The number of nitrogens with zero attached hydrogens (tertiary/aromatic N) is 3. The normalized spacial score (nSPS) is 11.7. The molecule has 0 radical (unpaired) electrons. The molecule has 0 aliphatic rings. The van der Waals surface area contributed by atoms with Crippen LogP contribution in [0.1, 0.15) is 16.9 Å².